The Morgan fingerprint density at radius 3 is 2.39 bits per heavy atom. The molecule has 6 rings (SSSR count). The minimum Gasteiger partial charge on any atom is -0.370 e. The molecule has 2 unspecified atom stereocenters. The highest BCUT2D eigenvalue weighted by atomic mass is 35.5. The van der Waals surface area contributed by atoms with Gasteiger partial charge in [-0.15, -0.1) is 11.6 Å². The van der Waals surface area contributed by atoms with Gasteiger partial charge in [-0.1, -0.05) is 41.9 Å². The minimum atomic E-state index is -0.653. The van der Waals surface area contributed by atoms with Gasteiger partial charge in [0.15, 0.2) is 0 Å². The van der Waals surface area contributed by atoms with Crippen LogP contribution in [0.25, 0.3) is 10.9 Å². The zero-order valence-electron chi connectivity index (χ0n) is 19.3. The fourth-order valence-electron chi connectivity index (χ4n) is 5.05. The molecule has 4 aromatic rings. The number of carbonyl (C=O) groups is 2. The Morgan fingerprint density at radius 2 is 1.64 bits per heavy atom. The third kappa shape index (κ3) is 3.95. The summed E-state index contributed by atoms with van der Waals surface area (Å²) in [5, 5.41) is 1.12. The highest BCUT2D eigenvalue weighted by molar-refractivity contribution is 6.37. The van der Waals surface area contributed by atoms with E-state index in [2.05, 4.69) is 22.9 Å². The molecule has 2 atom stereocenters. The summed E-state index contributed by atoms with van der Waals surface area (Å²) < 4.78 is 7.41. The van der Waals surface area contributed by atoms with E-state index >= 15 is 0 Å². The van der Waals surface area contributed by atoms with E-state index in [4.69, 9.17) is 27.9 Å². The molecular weight excluding hydrogens is 497 g/mol. The SMILES string of the molecule is O=C1COCCN1c1ccc(N2C(=O)C(Cl)C2c2cn(Cc3ccc(Cl)cc3)c3ccccc23)cc1. The fraction of sp³-hybridized carbons (Fsp3) is 0.214. The Hall–Kier alpha value is -3.32. The normalized spacial score (nSPS) is 20.2. The van der Waals surface area contributed by atoms with Crippen molar-refractivity contribution in [1.29, 1.82) is 0 Å². The number of para-hydroxylation sites is 1. The molecule has 1 aromatic heterocycles. The number of ether oxygens (including phenoxy) is 1. The highest BCUT2D eigenvalue weighted by Gasteiger charge is 2.49. The number of alkyl halides is 1. The van der Waals surface area contributed by atoms with Crippen LogP contribution in [0.1, 0.15) is 17.2 Å². The Morgan fingerprint density at radius 1 is 0.917 bits per heavy atom. The summed E-state index contributed by atoms with van der Waals surface area (Å²) in [5.74, 6) is -0.201. The van der Waals surface area contributed by atoms with Crippen molar-refractivity contribution in [2.45, 2.75) is 18.0 Å². The lowest BCUT2D eigenvalue weighted by atomic mass is 9.92. The number of aromatic nitrogens is 1. The third-order valence-electron chi connectivity index (χ3n) is 6.86. The molecule has 2 aliphatic heterocycles. The van der Waals surface area contributed by atoms with Crippen LogP contribution in [0.2, 0.25) is 5.02 Å². The van der Waals surface area contributed by atoms with Gasteiger partial charge in [-0.25, -0.2) is 0 Å². The van der Waals surface area contributed by atoms with Gasteiger partial charge in [-0.2, -0.15) is 0 Å². The standard InChI is InChI=1S/C28H23Cl2N3O3/c29-19-7-5-18(6-8-19)15-31-16-23(22-3-1-2-4-24(22)31)27-26(30)28(35)33(27)21-11-9-20(10-12-21)32-13-14-36-17-25(32)34/h1-12,16,26-27H,13-15,17H2. The first-order valence-corrected chi connectivity index (χ1v) is 12.6. The second kappa shape index (κ2) is 9.28. The first-order valence-electron chi connectivity index (χ1n) is 11.8. The van der Waals surface area contributed by atoms with E-state index in [9.17, 15) is 9.59 Å². The van der Waals surface area contributed by atoms with E-state index in [1.165, 1.54) is 0 Å². The number of hydrogen-bond acceptors (Lipinski definition) is 3. The molecule has 2 fully saturated rings. The minimum absolute atomic E-state index is 0.0683. The van der Waals surface area contributed by atoms with Crippen LogP contribution in [0.5, 0.6) is 0 Å². The second-order valence-corrected chi connectivity index (χ2v) is 9.93. The van der Waals surface area contributed by atoms with Crippen LogP contribution < -0.4 is 9.80 Å². The number of nitrogens with zero attached hydrogens (tertiary/aromatic N) is 3. The fourth-order valence-corrected chi connectivity index (χ4v) is 5.53. The van der Waals surface area contributed by atoms with Gasteiger partial charge in [0.05, 0.1) is 12.6 Å². The summed E-state index contributed by atoms with van der Waals surface area (Å²) >= 11 is 12.7. The predicted molar refractivity (Wildman–Crippen MR) is 142 cm³/mol. The lowest BCUT2D eigenvalue weighted by molar-refractivity contribution is -0.126. The number of carbonyl (C=O) groups excluding carboxylic acids is 2. The van der Waals surface area contributed by atoms with Gasteiger partial charge >= 0.3 is 0 Å². The van der Waals surface area contributed by atoms with Crippen LogP contribution in [0, 0.1) is 0 Å². The predicted octanol–water partition coefficient (Wildman–Crippen LogP) is 5.40. The van der Waals surface area contributed by atoms with E-state index < -0.39 is 5.38 Å². The number of morpholine rings is 1. The second-order valence-electron chi connectivity index (χ2n) is 9.03. The highest BCUT2D eigenvalue weighted by Crippen LogP contribution is 2.45. The molecular formula is C28H23Cl2N3O3. The average Bonchev–Trinajstić information content (AvgIpc) is 3.26. The first-order chi connectivity index (χ1) is 17.5. The van der Waals surface area contributed by atoms with Crippen LogP contribution in [-0.2, 0) is 20.9 Å². The number of rotatable bonds is 5. The largest absolute Gasteiger partial charge is 0.370 e. The van der Waals surface area contributed by atoms with E-state index in [1.807, 2.05) is 60.7 Å². The van der Waals surface area contributed by atoms with Gasteiger partial charge in [0.25, 0.3) is 5.91 Å². The summed E-state index contributed by atoms with van der Waals surface area (Å²) in [7, 11) is 0. The monoisotopic (exact) mass is 519 g/mol. The molecule has 2 amide bonds. The maximum absolute atomic E-state index is 12.9. The van der Waals surface area contributed by atoms with Gasteiger partial charge in [-0.3, -0.25) is 9.59 Å². The van der Waals surface area contributed by atoms with Gasteiger partial charge in [0.1, 0.15) is 12.0 Å². The summed E-state index contributed by atoms with van der Waals surface area (Å²) in [4.78, 5) is 28.6. The zero-order valence-corrected chi connectivity index (χ0v) is 20.8. The summed E-state index contributed by atoms with van der Waals surface area (Å²) in [6.45, 7) is 1.78. The van der Waals surface area contributed by atoms with Crippen molar-refractivity contribution in [3.05, 3.63) is 95.1 Å². The molecule has 0 aliphatic carbocycles. The van der Waals surface area contributed by atoms with Gasteiger partial charge in [0, 0.05) is 52.2 Å². The van der Waals surface area contributed by atoms with Crippen molar-refractivity contribution in [3.8, 4) is 0 Å². The number of amides is 2. The quantitative estimate of drug-likeness (QED) is 0.262. The van der Waals surface area contributed by atoms with E-state index in [1.54, 1.807) is 9.80 Å². The summed E-state index contributed by atoms with van der Waals surface area (Å²) in [6.07, 6.45) is 2.10. The van der Waals surface area contributed by atoms with Gasteiger partial charge < -0.3 is 19.1 Å². The maximum Gasteiger partial charge on any atom is 0.253 e. The molecule has 0 N–H and O–H groups in total. The number of anilines is 2. The topological polar surface area (TPSA) is 54.8 Å². The van der Waals surface area contributed by atoms with Gasteiger partial charge in [0.2, 0.25) is 5.91 Å². The van der Waals surface area contributed by atoms with Crippen molar-refractivity contribution >= 4 is 57.3 Å². The summed E-state index contributed by atoms with van der Waals surface area (Å²) in [5.41, 5.74) is 4.75. The maximum atomic E-state index is 12.9. The number of fused-ring (bicyclic) bond motifs is 1. The lowest BCUT2D eigenvalue weighted by Gasteiger charge is -2.44. The lowest BCUT2D eigenvalue weighted by Crippen LogP contribution is -2.56. The molecule has 2 aliphatic rings. The number of halogens is 2. The first kappa shape index (κ1) is 23.1. The van der Waals surface area contributed by atoms with Crippen molar-refractivity contribution in [2.75, 3.05) is 29.6 Å². The van der Waals surface area contributed by atoms with Crippen molar-refractivity contribution < 1.29 is 14.3 Å². The van der Waals surface area contributed by atoms with Crippen molar-refractivity contribution in [1.82, 2.24) is 4.57 Å². The molecule has 6 nitrogen and oxygen atoms in total. The molecule has 2 saturated heterocycles. The molecule has 0 saturated carbocycles. The van der Waals surface area contributed by atoms with E-state index in [0.29, 0.717) is 24.7 Å². The van der Waals surface area contributed by atoms with Crippen molar-refractivity contribution in [3.63, 3.8) is 0 Å². The molecule has 36 heavy (non-hydrogen) atoms. The number of hydrogen-bond donors (Lipinski definition) is 0. The Bertz CT molecular complexity index is 1450. The molecule has 0 radical (unpaired) electrons. The molecule has 3 heterocycles. The zero-order chi connectivity index (χ0) is 24.8. The van der Waals surface area contributed by atoms with Crippen LogP contribution in [0.3, 0.4) is 0 Å². The molecule has 0 spiro atoms. The molecule has 3 aromatic carbocycles. The van der Waals surface area contributed by atoms with Crippen LogP contribution in [-0.4, -0.2) is 41.5 Å². The van der Waals surface area contributed by atoms with Crippen molar-refractivity contribution in [2.24, 2.45) is 0 Å². The van der Waals surface area contributed by atoms with Gasteiger partial charge in [-0.05, 0) is 48.0 Å². The number of β-lactam (4-membered cyclic amide) rings is 1. The van der Waals surface area contributed by atoms with Crippen LogP contribution in [0.4, 0.5) is 11.4 Å². The van der Waals surface area contributed by atoms with E-state index in [-0.39, 0.29) is 24.5 Å². The Balaban J connectivity index is 1.33. The van der Waals surface area contributed by atoms with Crippen LogP contribution >= 0.6 is 23.2 Å². The Labute approximate surface area is 218 Å². The number of benzene rings is 3. The van der Waals surface area contributed by atoms with E-state index in [0.717, 1.165) is 33.4 Å². The third-order valence-corrected chi connectivity index (χ3v) is 7.54. The molecule has 182 valence electrons. The smallest absolute Gasteiger partial charge is 0.253 e. The average molecular weight is 520 g/mol. The van der Waals surface area contributed by atoms with Crippen LogP contribution in [0.15, 0.2) is 79.0 Å². The Kier molecular flexibility index (Phi) is 5.96. The molecule has 8 heteroatoms. The summed E-state index contributed by atoms with van der Waals surface area (Å²) in [6, 6.07) is 23.2. The molecule has 0 bridgehead atoms.